The van der Waals surface area contributed by atoms with Crippen LogP contribution in [0.3, 0.4) is 0 Å². The van der Waals surface area contributed by atoms with E-state index in [0.717, 1.165) is 6.07 Å². The van der Waals surface area contributed by atoms with Crippen molar-refractivity contribution in [2.75, 3.05) is 6.61 Å². The van der Waals surface area contributed by atoms with Crippen LogP contribution in [0.4, 0.5) is 17.6 Å². The second kappa shape index (κ2) is 10.2. The molecule has 3 aromatic rings. The average molecular weight is 475 g/mol. The Morgan fingerprint density at radius 3 is 2.47 bits per heavy atom. The lowest BCUT2D eigenvalue weighted by molar-refractivity contribution is -0.138. The highest BCUT2D eigenvalue weighted by molar-refractivity contribution is 5.55. The molecular weight excluding hydrogens is 450 g/mol. The molecule has 4 rings (SSSR count). The number of halogens is 4. The molecule has 0 aliphatic heterocycles. The first-order valence-electron chi connectivity index (χ1n) is 11.0. The van der Waals surface area contributed by atoms with Gasteiger partial charge in [0.05, 0.1) is 17.2 Å². The van der Waals surface area contributed by atoms with Crippen molar-refractivity contribution in [1.29, 1.82) is 0 Å². The van der Waals surface area contributed by atoms with E-state index in [4.69, 9.17) is 0 Å². The number of aliphatic hydroxyl groups excluding tert-OH is 2. The number of alkyl halides is 3. The van der Waals surface area contributed by atoms with Crippen molar-refractivity contribution < 1.29 is 27.8 Å². The van der Waals surface area contributed by atoms with Gasteiger partial charge in [-0.25, -0.2) is 14.4 Å². The molecule has 1 heterocycles. The lowest BCUT2D eigenvalue weighted by Crippen LogP contribution is -2.36. The van der Waals surface area contributed by atoms with E-state index in [1.807, 2.05) is 0 Å². The van der Waals surface area contributed by atoms with Crippen LogP contribution in [0.15, 0.2) is 60.8 Å². The van der Waals surface area contributed by atoms with Crippen LogP contribution in [-0.4, -0.2) is 38.9 Å². The molecule has 0 radical (unpaired) electrons. The molecule has 1 aliphatic carbocycles. The van der Waals surface area contributed by atoms with Crippen molar-refractivity contribution in [3.63, 3.8) is 0 Å². The van der Waals surface area contributed by atoms with Crippen LogP contribution in [0.2, 0.25) is 0 Å². The van der Waals surface area contributed by atoms with Gasteiger partial charge < -0.3 is 15.5 Å². The van der Waals surface area contributed by atoms with Crippen LogP contribution < -0.4 is 5.32 Å². The standard InChI is InChI=1S/C25H25F4N3O2/c26-21-8-4-2-6-17(21)24-30-10-9-16(32-24)11-18-19(14-33)23(34)12-22(18)31-13-15-5-1-3-7-20(15)25(27,28)29/h1-10,18-19,22-23,31,33-34H,11-14H2. The molecule has 3 N–H and O–H groups in total. The summed E-state index contributed by atoms with van der Waals surface area (Å²) >= 11 is 0. The first kappa shape index (κ1) is 24.3. The minimum Gasteiger partial charge on any atom is -0.396 e. The summed E-state index contributed by atoms with van der Waals surface area (Å²) in [6, 6.07) is 12.8. The Labute approximate surface area is 194 Å². The Hall–Kier alpha value is -2.88. The van der Waals surface area contributed by atoms with Gasteiger partial charge in [0, 0.05) is 37.0 Å². The molecule has 180 valence electrons. The molecule has 4 atom stereocenters. The fraction of sp³-hybridized carbons (Fsp3) is 0.360. The summed E-state index contributed by atoms with van der Waals surface area (Å²) in [4.78, 5) is 8.62. The van der Waals surface area contributed by atoms with Crippen LogP contribution in [0.1, 0.15) is 23.2 Å². The van der Waals surface area contributed by atoms with Crippen LogP contribution >= 0.6 is 0 Å². The number of hydrogen-bond acceptors (Lipinski definition) is 5. The fourth-order valence-corrected chi connectivity index (χ4v) is 4.69. The minimum atomic E-state index is -4.47. The van der Waals surface area contributed by atoms with E-state index in [9.17, 15) is 27.8 Å². The molecule has 2 aromatic carbocycles. The maximum atomic E-state index is 14.2. The molecule has 5 nitrogen and oxygen atoms in total. The highest BCUT2D eigenvalue weighted by Crippen LogP contribution is 2.36. The van der Waals surface area contributed by atoms with E-state index in [1.165, 1.54) is 24.4 Å². The van der Waals surface area contributed by atoms with Crippen molar-refractivity contribution in [1.82, 2.24) is 15.3 Å². The Bertz CT molecular complexity index is 1130. The third-order valence-electron chi connectivity index (χ3n) is 6.42. The highest BCUT2D eigenvalue weighted by atomic mass is 19.4. The smallest absolute Gasteiger partial charge is 0.396 e. The van der Waals surface area contributed by atoms with Crippen LogP contribution in [0.5, 0.6) is 0 Å². The fourth-order valence-electron chi connectivity index (χ4n) is 4.69. The molecule has 0 saturated heterocycles. The number of nitrogens with zero attached hydrogens (tertiary/aromatic N) is 2. The average Bonchev–Trinajstić information content (AvgIpc) is 3.11. The van der Waals surface area contributed by atoms with E-state index in [0.29, 0.717) is 12.1 Å². The van der Waals surface area contributed by atoms with Gasteiger partial charge in [-0.3, -0.25) is 0 Å². The van der Waals surface area contributed by atoms with Gasteiger partial charge >= 0.3 is 6.18 Å². The summed E-state index contributed by atoms with van der Waals surface area (Å²) in [6.07, 6.45) is -3.13. The van der Waals surface area contributed by atoms with Crippen LogP contribution in [0, 0.1) is 17.7 Å². The van der Waals surface area contributed by atoms with E-state index >= 15 is 0 Å². The molecule has 1 fully saturated rings. The molecule has 1 aliphatic rings. The Morgan fingerprint density at radius 1 is 1.00 bits per heavy atom. The van der Waals surface area contributed by atoms with Gasteiger partial charge in [0.15, 0.2) is 5.82 Å². The van der Waals surface area contributed by atoms with Crippen LogP contribution in [-0.2, 0) is 19.1 Å². The highest BCUT2D eigenvalue weighted by Gasteiger charge is 2.42. The Morgan fingerprint density at radius 2 is 1.74 bits per heavy atom. The number of hydrogen-bond donors (Lipinski definition) is 3. The van der Waals surface area contributed by atoms with Gasteiger partial charge in [0.1, 0.15) is 5.82 Å². The van der Waals surface area contributed by atoms with Crippen molar-refractivity contribution in [3.05, 3.63) is 83.4 Å². The van der Waals surface area contributed by atoms with Gasteiger partial charge in [-0.2, -0.15) is 13.2 Å². The molecule has 0 amide bonds. The van der Waals surface area contributed by atoms with Gasteiger partial charge in [0.25, 0.3) is 0 Å². The Balaban J connectivity index is 1.54. The molecule has 0 spiro atoms. The summed E-state index contributed by atoms with van der Waals surface area (Å²) < 4.78 is 54.3. The number of nitrogens with one attached hydrogen (secondary N) is 1. The molecule has 1 saturated carbocycles. The summed E-state index contributed by atoms with van der Waals surface area (Å²) in [6.45, 7) is -0.305. The summed E-state index contributed by atoms with van der Waals surface area (Å²) in [5, 5.41) is 23.5. The lowest BCUT2D eigenvalue weighted by Gasteiger charge is -2.25. The third kappa shape index (κ3) is 5.27. The topological polar surface area (TPSA) is 78.3 Å². The predicted octanol–water partition coefficient (Wildman–Crippen LogP) is 3.99. The summed E-state index contributed by atoms with van der Waals surface area (Å²) in [5.74, 6) is -0.992. The summed E-state index contributed by atoms with van der Waals surface area (Å²) in [5.41, 5.74) is 0.252. The third-order valence-corrected chi connectivity index (χ3v) is 6.42. The largest absolute Gasteiger partial charge is 0.416 e. The summed E-state index contributed by atoms with van der Waals surface area (Å²) in [7, 11) is 0. The zero-order valence-electron chi connectivity index (χ0n) is 18.2. The molecule has 0 bridgehead atoms. The minimum absolute atomic E-state index is 0.0357. The van der Waals surface area contributed by atoms with Crippen molar-refractivity contribution in [2.24, 2.45) is 11.8 Å². The molecular formula is C25H25F4N3O2. The predicted molar refractivity (Wildman–Crippen MR) is 118 cm³/mol. The van der Waals surface area contributed by atoms with Gasteiger partial charge in [0.2, 0.25) is 0 Å². The second-order valence-electron chi connectivity index (χ2n) is 8.51. The zero-order valence-corrected chi connectivity index (χ0v) is 18.2. The second-order valence-corrected chi connectivity index (χ2v) is 8.51. The first-order chi connectivity index (χ1) is 16.3. The maximum absolute atomic E-state index is 14.2. The van der Waals surface area contributed by atoms with E-state index in [-0.39, 0.29) is 48.5 Å². The lowest BCUT2D eigenvalue weighted by atomic mass is 9.88. The number of rotatable bonds is 7. The van der Waals surface area contributed by atoms with Gasteiger partial charge in [-0.05, 0) is 48.6 Å². The monoisotopic (exact) mass is 475 g/mol. The first-order valence-corrected chi connectivity index (χ1v) is 11.0. The zero-order chi connectivity index (χ0) is 24.3. The van der Waals surface area contributed by atoms with Crippen molar-refractivity contribution in [3.8, 4) is 11.4 Å². The molecule has 4 unspecified atom stereocenters. The maximum Gasteiger partial charge on any atom is 0.416 e. The van der Waals surface area contributed by atoms with Crippen molar-refractivity contribution >= 4 is 0 Å². The quantitative estimate of drug-likeness (QED) is 0.451. The van der Waals surface area contributed by atoms with Gasteiger partial charge in [-0.1, -0.05) is 30.3 Å². The van der Waals surface area contributed by atoms with E-state index in [2.05, 4.69) is 15.3 Å². The van der Waals surface area contributed by atoms with E-state index < -0.39 is 29.6 Å². The normalized spacial score (nSPS) is 22.8. The van der Waals surface area contributed by atoms with E-state index in [1.54, 1.807) is 30.3 Å². The molecule has 1 aromatic heterocycles. The molecule has 34 heavy (non-hydrogen) atoms. The van der Waals surface area contributed by atoms with Gasteiger partial charge in [-0.15, -0.1) is 0 Å². The molecule has 9 heteroatoms. The number of aromatic nitrogens is 2. The van der Waals surface area contributed by atoms with Crippen LogP contribution in [0.25, 0.3) is 11.4 Å². The number of benzene rings is 2. The SMILES string of the molecule is OCC1C(O)CC(NCc2ccccc2C(F)(F)F)C1Cc1ccnc(-c2ccccc2F)n1. The van der Waals surface area contributed by atoms with Crippen molar-refractivity contribution in [2.45, 2.75) is 37.7 Å². The Kier molecular flexibility index (Phi) is 7.25. The number of aliphatic hydroxyl groups is 2.